The first kappa shape index (κ1) is 16.5. The van der Waals surface area contributed by atoms with E-state index in [1.165, 1.54) is 28.2 Å². The Morgan fingerprint density at radius 3 is 2.54 bits per heavy atom. The van der Waals surface area contributed by atoms with Gasteiger partial charge in [-0.3, -0.25) is 14.2 Å². The standard InChI is InChI=1S/C19H12ClN3O2S/c20-14-8-6-12(10-22-14)23-15(24)9-7-13-16(18(21)26-19(13)23)17(25)11-4-2-1-3-5-11/h1-10H,21H2. The molecule has 3 aromatic heterocycles. The van der Waals surface area contributed by atoms with E-state index in [0.29, 0.717) is 37.2 Å². The maximum absolute atomic E-state index is 12.9. The lowest BCUT2D eigenvalue weighted by atomic mass is 10.0. The van der Waals surface area contributed by atoms with E-state index < -0.39 is 0 Å². The van der Waals surface area contributed by atoms with Crippen molar-refractivity contribution in [3.8, 4) is 5.69 Å². The molecule has 0 bridgehead atoms. The summed E-state index contributed by atoms with van der Waals surface area (Å²) in [5.74, 6) is -0.172. The number of nitrogens with zero attached hydrogens (tertiary/aromatic N) is 2. The number of hydrogen-bond acceptors (Lipinski definition) is 5. The van der Waals surface area contributed by atoms with Crippen LogP contribution < -0.4 is 11.3 Å². The Bertz CT molecular complexity index is 1180. The minimum absolute atomic E-state index is 0.172. The van der Waals surface area contributed by atoms with Crippen LogP contribution in [0.2, 0.25) is 5.15 Å². The van der Waals surface area contributed by atoms with Crippen LogP contribution in [0.25, 0.3) is 15.9 Å². The average molecular weight is 382 g/mol. The first-order valence-corrected chi connectivity index (χ1v) is 8.91. The van der Waals surface area contributed by atoms with Crippen molar-refractivity contribution in [2.45, 2.75) is 0 Å². The molecule has 0 fully saturated rings. The van der Waals surface area contributed by atoms with Gasteiger partial charge in [0, 0.05) is 17.0 Å². The van der Waals surface area contributed by atoms with Gasteiger partial charge in [-0.2, -0.15) is 0 Å². The van der Waals surface area contributed by atoms with E-state index in [9.17, 15) is 9.59 Å². The molecule has 2 N–H and O–H groups in total. The molecule has 0 spiro atoms. The van der Waals surface area contributed by atoms with Gasteiger partial charge in [-0.1, -0.05) is 53.3 Å². The Morgan fingerprint density at radius 2 is 1.85 bits per heavy atom. The van der Waals surface area contributed by atoms with Crippen molar-refractivity contribution in [3.05, 3.63) is 87.4 Å². The SMILES string of the molecule is Nc1sc2c(ccc(=O)n2-c2ccc(Cl)nc2)c1C(=O)c1ccccc1. The van der Waals surface area contributed by atoms with E-state index >= 15 is 0 Å². The second-order valence-electron chi connectivity index (χ2n) is 5.60. The molecule has 0 unspecified atom stereocenters. The number of carbonyl (C=O) groups is 1. The number of hydrogen-bond donors (Lipinski definition) is 1. The number of rotatable bonds is 3. The summed E-state index contributed by atoms with van der Waals surface area (Å²) in [6.45, 7) is 0. The number of pyridine rings is 2. The van der Waals surface area contributed by atoms with Crippen molar-refractivity contribution < 1.29 is 4.79 Å². The quantitative estimate of drug-likeness (QED) is 0.431. The van der Waals surface area contributed by atoms with Crippen molar-refractivity contribution in [1.29, 1.82) is 0 Å². The zero-order valence-electron chi connectivity index (χ0n) is 13.3. The lowest BCUT2D eigenvalue weighted by Gasteiger charge is -2.07. The maximum atomic E-state index is 12.9. The summed E-state index contributed by atoms with van der Waals surface area (Å²) in [5.41, 5.74) is 7.44. The van der Waals surface area contributed by atoms with Gasteiger partial charge < -0.3 is 5.73 Å². The fraction of sp³-hybridized carbons (Fsp3) is 0. The zero-order valence-corrected chi connectivity index (χ0v) is 14.9. The van der Waals surface area contributed by atoms with Crippen molar-refractivity contribution in [2.24, 2.45) is 0 Å². The number of fused-ring (bicyclic) bond motifs is 1. The largest absolute Gasteiger partial charge is 0.390 e. The summed E-state index contributed by atoms with van der Waals surface area (Å²) in [6.07, 6.45) is 1.51. The monoisotopic (exact) mass is 381 g/mol. The summed E-state index contributed by atoms with van der Waals surface area (Å²) in [7, 11) is 0. The third-order valence-corrected chi connectivity index (χ3v) is 5.25. The van der Waals surface area contributed by atoms with Crippen LogP contribution in [0.15, 0.2) is 65.6 Å². The van der Waals surface area contributed by atoms with Crippen molar-refractivity contribution >= 4 is 43.9 Å². The van der Waals surface area contributed by atoms with Crippen LogP contribution >= 0.6 is 22.9 Å². The average Bonchev–Trinajstić information content (AvgIpc) is 2.98. The number of carbonyl (C=O) groups excluding carboxylic acids is 1. The van der Waals surface area contributed by atoms with Crippen LogP contribution in [-0.4, -0.2) is 15.3 Å². The molecule has 0 amide bonds. The summed E-state index contributed by atoms with van der Waals surface area (Å²) >= 11 is 7.04. The van der Waals surface area contributed by atoms with Crippen molar-refractivity contribution in [3.63, 3.8) is 0 Å². The lowest BCUT2D eigenvalue weighted by Crippen LogP contribution is -2.16. The first-order valence-electron chi connectivity index (χ1n) is 7.72. The summed E-state index contributed by atoms with van der Waals surface area (Å²) in [4.78, 5) is 30.0. The minimum Gasteiger partial charge on any atom is -0.390 e. The number of ketones is 1. The van der Waals surface area contributed by atoms with Gasteiger partial charge in [0.2, 0.25) is 0 Å². The number of benzene rings is 1. The van der Waals surface area contributed by atoms with Gasteiger partial charge in [-0.25, -0.2) is 4.98 Å². The van der Waals surface area contributed by atoms with Gasteiger partial charge in [0.25, 0.3) is 5.56 Å². The molecule has 0 saturated carbocycles. The zero-order chi connectivity index (χ0) is 18.3. The normalized spacial score (nSPS) is 11.0. The maximum Gasteiger partial charge on any atom is 0.256 e. The minimum atomic E-state index is -0.235. The molecule has 0 saturated heterocycles. The molecule has 0 aliphatic rings. The highest BCUT2D eigenvalue weighted by atomic mass is 35.5. The highest BCUT2D eigenvalue weighted by Crippen LogP contribution is 2.35. The predicted octanol–water partition coefficient (Wildman–Crippen LogP) is 3.91. The van der Waals surface area contributed by atoms with E-state index in [2.05, 4.69) is 4.98 Å². The molecule has 3 heterocycles. The number of nitrogen functional groups attached to an aromatic ring is 1. The van der Waals surface area contributed by atoms with Gasteiger partial charge in [0.15, 0.2) is 5.78 Å². The Balaban J connectivity index is 1.97. The molecule has 128 valence electrons. The van der Waals surface area contributed by atoms with Crippen LogP contribution in [0.3, 0.4) is 0 Å². The number of nitrogens with two attached hydrogens (primary N) is 1. The molecule has 0 atom stereocenters. The molecule has 0 aliphatic carbocycles. The fourth-order valence-electron chi connectivity index (χ4n) is 2.81. The van der Waals surface area contributed by atoms with Crippen LogP contribution in [-0.2, 0) is 0 Å². The van der Waals surface area contributed by atoms with Crippen LogP contribution in [0.4, 0.5) is 5.00 Å². The molecular weight excluding hydrogens is 370 g/mol. The topological polar surface area (TPSA) is 78.0 Å². The third kappa shape index (κ3) is 2.69. The van der Waals surface area contributed by atoms with Gasteiger partial charge >= 0.3 is 0 Å². The lowest BCUT2D eigenvalue weighted by molar-refractivity contribution is 0.104. The summed E-state index contributed by atoms with van der Waals surface area (Å²) in [5, 5.41) is 1.34. The smallest absolute Gasteiger partial charge is 0.256 e. The van der Waals surface area contributed by atoms with Gasteiger partial charge in [-0.05, 0) is 18.2 Å². The van der Waals surface area contributed by atoms with E-state index in [-0.39, 0.29) is 11.3 Å². The van der Waals surface area contributed by atoms with Gasteiger partial charge in [0.1, 0.15) is 9.98 Å². The third-order valence-electron chi connectivity index (χ3n) is 4.00. The summed E-state index contributed by atoms with van der Waals surface area (Å²) < 4.78 is 1.49. The predicted molar refractivity (Wildman–Crippen MR) is 105 cm³/mol. The van der Waals surface area contributed by atoms with E-state index in [1.54, 1.807) is 42.5 Å². The molecule has 5 nitrogen and oxygen atoms in total. The molecule has 26 heavy (non-hydrogen) atoms. The molecule has 7 heteroatoms. The van der Waals surface area contributed by atoms with E-state index in [0.717, 1.165) is 0 Å². The van der Waals surface area contributed by atoms with E-state index in [1.807, 2.05) is 6.07 Å². The Hall–Kier alpha value is -2.96. The summed E-state index contributed by atoms with van der Waals surface area (Å²) in [6, 6.07) is 15.3. The number of thiophene rings is 1. The highest BCUT2D eigenvalue weighted by molar-refractivity contribution is 7.22. The van der Waals surface area contributed by atoms with Crippen LogP contribution in [0.5, 0.6) is 0 Å². The number of aromatic nitrogens is 2. The highest BCUT2D eigenvalue weighted by Gasteiger charge is 2.21. The molecule has 0 aliphatic heterocycles. The number of anilines is 1. The van der Waals surface area contributed by atoms with Crippen LogP contribution in [0, 0.1) is 0 Å². The molecule has 0 radical (unpaired) electrons. The Kier molecular flexibility index (Phi) is 4.06. The Morgan fingerprint density at radius 1 is 1.08 bits per heavy atom. The van der Waals surface area contributed by atoms with Crippen molar-refractivity contribution in [2.75, 3.05) is 5.73 Å². The molecule has 1 aromatic carbocycles. The second kappa shape index (κ2) is 6.40. The molecule has 4 aromatic rings. The molecular formula is C19H12ClN3O2S. The Labute approximate surface area is 157 Å². The first-order chi connectivity index (χ1) is 12.6. The van der Waals surface area contributed by atoms with E-state index in [4.69, 9.17) is 17.3 Å². The fourth-order valence-corrected chi connectivity index (χ4v) is 4.00. The second-order valence-corrected chi connectivity index (χ2v) is 7.02. The number of halogens is 1. The van der Waals surface area contributed by atoms with Crippen molar-refractivity contribution in [1.82, 2.24) is 9.55 Å². The van der Waals surface area contributed by atoms with Gasteiger partial charge in [-0.15, -0.1) is 0 Å². The molecule has 4 rings (SSSR count). The van der Waals surface area contributed by atoms with Gasteiger partial charge in [0.05, 0.1) is 22.4 Å². The van der Waals surface area contributed by atoms with Crippen LogP contribution in [0.1, 0.15) is 15.9 Å².